The highest BCUT2D eigenvalue weighted by atomic mass is 79.9. The van der Waals surface area contributed by atoms with E-state index in [0.29, 0.717) is 17.6 Å². The van der Waals surface area contributed by atoms with E-state index in [1.54, 1.807) is 16.3 Å². The fraction of sp³-hybridized carbons (Fsp3) is 0.471. The summed E-state index contributed by atoms with van der Waals surface area (Å²) < 4.78 is 49.0. The largest absolute Gasteiger partial charge is 0.425 e. The van der Waals surface area contributed by atoms with Crippen LogP contribution in [0.15, 0.2) is 39.1 Å². The standard InChI is InChI=1S/C17H18BrF3N2O2S/c1-10(24)25-12-9-16(17(19,20)21,15-11(18)5-8-26-15)14(13(12)22)23-6-3-2-4-7-23/h5,8-9H,2-4,6-7,22H2,1H3. The lowest BCUT2D eigenvalue weighted by molar-refractivity contribution is -0.169. The molecule has 0 bridgehead atoms. The Morgan fingerprint density at radius 3 is 2.50 bits per heavy atom. The second kappa shape index (κ2) is 6.92. The molecule has 3 rings (SSSR count). The summed E-state index contributed by atoms with van der Waals surface area (Å²) in [6.07, 6.45) is -1.15. The smallest absolute Gasteiger partial charge is 0.408 e. The van der Waals surface area contributed by atoms with E-state index in [2.05, 4.69) is 15.9 Å². The number of piperidine rings is 1. The van der Waals surface area contributed by atoms with Gasteiger partial charge in [-0.15, -0.1) is 11.3 Å². The van der Waals surface area contributed by atoms with E-state index < -0.39 is 17.6 Å². The minimum atomic E-state index is -4.65. The maximum atomic E-state index is 14.5. The third-order valence-corrected chi connectivity index (χ3v) is 6.56. The molecule has 2 heterocycles. The van der Waals surface area contributed by atoms with Crippen LogP contribution in [0, 0.1) is 0 Å². The molecule has 0 aromatic carbocycles. The minimum absolute atomic E-state index is 0.0379. The zero-order chi connectivity index (χ0) is 19.1. The van der Waals surface area contributed by atoms with Gasteiger partial charge in [0.2, 0.25) is 0 Å². The zero-order valence-electron chi connectivity index (χ0n) is 14.0. The van der Waals surface area contributed by atoms with Crippen LogP contribution >= 0.6 is 27.3 Å². The van der Waals surface area contributed by atoms with Crippen molar-refractivity contribution in [2.75, 3.05) is 13.1 Å². The lowest BCUT2D eigenvalue weighted by Crippen LogP contribution is -2.48. The molecule has 1 unspecified atom stereocenters. The minimum Gasteiger partial charge on any atom is -0.425 e. The van der Waals surface area contributed by atoms with Crippen LogP contribution in [0.2, 0.25) is 0 Å². The Balaban J connectivity index is 2.26. The van der Waals surface area contributed by atoms with E-state index in [0.717, 1.165) is 43.6 Å². The van der Waals surface area contributed by atoms with Gasteiger partial charge in [0.15, 0.2) is 11.2 Å². The first-order chi connectivity index (χ1) is 12.2. The predicted molar refractivity (Wildman–Crippen MR) is 96.2 cm³/mol. The summed E-state index contributed by atoms with van der Waals surface area (Å²) in [7, 11) is 0. The van der Waals surface area contributed by atoms with Gasteiger partial charge >= 0.3 is 12.1 Å². The number of carbonyl (C=O) groups is 1. The molecule has 26 heavy (non-hydrogen) atoms. The Hall–Kier alpha value is -1.48. The molecule has 0 spiro atoms. The summed E-state index contributed by atoms with van der Waals surface area (Å²) in [5.41, 5.74) is 3.51. The van der Waals surface area contributed by atoms with Gasteiger partial charge in [0.1, 0.15) is 0 Å². The fourth-order valence-corrected chi connectivity index (χ4v) is 5.42. The summed E-state index contributed by atoms with van der Waals surface area (Å²) in [4.78, 5) is 13.2. The van der Waals surface area contributed by atoms with Crippen LogP contribution in [0.25, 0.3) is 0 Å². The molecule has 1 saturated heterocycles. The number of rotatable bonds is 3. The van der Waals surface area contributed by atoms with Gasteiger partial charge in [-0.2, -0.15) is 13.2 Å². The van der Waals surface area contributed by atoms with Crippen molar-refractivity contribution in [1.82, 2.24) is 4.90 Å². The van der Waals surface area contributed by atoms with Crippen molar-refractivity contribution in [2.24, 2.45) is 5.73 Å². The second-order valence-electron chi connectivity index (χ2n) is 6.32. The van der Waals surface area contributed by atoms with Gasteiger partial charge in [0.05, 0.1) is 11.4 Å². The monoisotopic (exact) mass is 450 g/mol. The predicted octanol–water partition coefficient (Wildman–Crippen LogP) is 4.43. The van der Waals surface area contributed by atoms with Crippen LogP contribution in [0.1, 0.15) is 31.1 Å². The molecule has 2 N–H and O–H groups in total. The Morgan fingerprint density at radius 2 is 2.00 bits per heavy atom. The van der Waals surface area contributed by atoms with Crippen molar-refractivity contribution < 1.29 is 22.7 Å². The number of thiophene rings is 1. The average Bonchev–Trinajstić information content (AvgIpc) is 3.10. The van der Waals surface area contributed by atoms with Gasteiger partial charge < -0.3 is 15.4 Å². The number of allylic oxidation sites excluding steroid dienone is 1. The molecule has 1 atom stereocenters. The van der Waals surface area contributed by atoms with E-state index >= 15 is 0 Å². The molecule has 1 aliphatic carbocycles. The third-order valence-electron chi connectivity index (χ3n) is 4.59. The molecule has 1 fully saturated rings. The molecule has 0 saturated carbocycles. The van der Waals surface area contributed by atoms with E-state index in [-0.39, 0.29) is 22.0 Å². The molecule has 1 aromatic rings. The number of nitrogens with zero attached hydrogens (tertiary/aromatic N) is 1. The Bertz CT molecular complexity index is 781. The van der Waals surface area contributed by atoms with Crippen molar-refractivity contribution in [2.45, 2.75) is 37.8 Å². The van der Waals surface area contributed by atoms with E-state index in [9.17, 15) is 18.0 Å². The highest BCUT2D eigenvalue weighted by Gasteiger charge is 2.63. The number of hydrogen-bond acceptors (Lipinski definition) is 5. The fourth-order valence-electron chi connectivity index (χ4n) is 3.54. The maximum absolute atomic E-state index is 14.5. The summed E-state index contributed by atoms with van der Waals surface area (Å²) in [5.74, 6) is -0.934. The molecule has 9 heteroatoms. The number of esters is 1. The van der Waals surface area contributed by atoms with Crippen molar-refractivity contribution in [3.05, 3.63) is 44.0 Å². The van der Waals surface area contributed by atoms with E-state index in [1.165, 1.54) is 0 Å². The summed E-state index contributed by atoms with van der Waals surface area (Å²) >= 11 is 4.23. The van der Waals surface area contributed by atoms with Crippen LogP contribution in [-0.2, 0) is 14.9 Å². The summed E-state index contributed by atoms with van der Waals surface area (Å²) in [5, 5.41) is 1.59. The summed E-state index contributed by atoms with van der Waals surface area (Å²) in [6, 6.07) is 1.58. The number of ether oxygens (including phenoxy) is 1. The van der Waals surface area contributed by atoms with Crippen LogP contribution in [-0.4, -0.2) is 30.1 Å². The maximum Gasteiger partial charge on any atom is 0.408 e. The van der Waals surface area contributed by atoms with Crippen molar-refractivity contribution >= 4 is 33.2 Å². The van der Waals surface area contributed by atoms with Crippen LogP contribution in [0.3, 0.4) is 0 Å². The SMILES string of the molecule is CC(=O)OC1=CC(c2sccc2Br)(C(F)(F)F)C(N2CCCCC2)=C1N. The number of hydrogen-bond donors (Lipinski definition) is 1. The number of carbonyl (C=O) groups excluding carboxylic acids is 1. The van der Waals surface area contributed by atoms with Crippen molar-refractivity contribution in [3.63, 3.8) is 0 Å². The molecule has 0 amide bonds. The highest BCUT2D eigenvalue weighted by molar-refractivity contribution is 9.10. The van der Waals surface area contributed by atoms with E-state index in [1.807, 2.05) is 0 Å². The van der Waals surface area contributed by atoms with Gasteiger partial charge in [-0.1, -0.05) is 0 Å². The number of alkyl halides is 3. The molecule has 142 valence electrons. The van der Waals surface area contributed by atoms with Gasteiger partial charge in [-0.3, -0.25) is 4.79 Å². The van der Waals surface area contributed by atoms with Crippen LogP contribution < -0.4 is 5.73 Å². The van der Waals surface area contributed by atoms with Crippen LogP contribution in [0.5, 0.6) is 0 Å². The van der Waals surface area contributed by atoms with Gasteiger partial charge in [-0.25, -0.2) is 0 Å². The van der Waals surface area contributed by atoms with Crippen LogP contribution in [0.4, 0.5) is 13.2 Å². The van der Waals surface area contributed by atoms with Gasteiger partial charge in [0.25, 0.3) is 0 Å². The number of likely N-dealkylation sites (tertiary alicyclic amines) is 1. The topological polar surface area (TPSA) is 55.6 Å². The van der Waals surface area contributed by atoms with Gasteiger partial charge in [0, 0.05) is 29.4 Å². The zero-order valence-corrected chi connectivity index (χ0v) is 16.4. The van der Waals surface area contributed by atoms with E-state index in [4.69, 9.17) is 10.5 Å². The normalized spacial score (nSPS) is 24.0. The van der Waals surface area contributed by atoms with Gasteiger partial charge in [-0.05, 0) is 52.7 Å². The molecule has 0 radical (unpaired) electrons. The summed E-state index contributed by atoms with van der Waals surface area (Å²) in [6.45, 7) is 2.11. The molecular weight excluding hydrogens is 433 g/mol. The second-order valence-corrected chi connectivity index (χ2v) is 8.09. The lowest BCUT2D eigenvalue weighted by Gasteiger charge is -2.40. The number of halogens is 4. The highest BCUT2D eigenvalue weighted by Crippen LogP contribution is 2.57. The Labute approximate surface area is 161 Å². The number of nitrogens with two attached hydrogens (primary N) is 1. The third kappa shape index (κ3) is 3.05. The first kappa shape index (κ1) is 19.3. The van der Waals surface area contributed by atoms with Crippen molar-refractivity contribution in [3.8, 4) is 0 Å². The average molecular weight is 451 g/mol. The Kier molecular flexibility index (Phi) is 5.13. The first-order valence-electron chi connectivity index (χ1n) is 8.15. The van der Waals surface area contributed by atoms with Crippen molar-refractivity contribution in [1.29, 1.82) is 0 Å². The Morgan fingerprint density at radius 1 is 1.35 bits per heavy atom. The lowest BCUT2D eigenvalue weighted by atomic mass is 9.82. The first-order valence-corrected chi connectivity index (χ1v) is 9.82. The molecule has 2 aliphatic rings. The molecule has 1 aliphatic heterocycles. The molecular formula is C17H18BrF3N2O2S. The quantitative estimate of drug-likeness (QED) is 0.692. The molecule has 4 nitrogen and oxygen atoms in total. The molecule has 1 aromatic heterocycles.